The second kappa shape index (κ2) is 7.92. The van der Waals surface area contributed by atoms with Crippen LogP contribution in [0.15, 0.2) is 51.8 Å². The van der Waals surface area contributed by atoms with Gasteiger partial charge in [-0.2, -0.15) is 0 Å². The zero-order chi connectivity index (χ0) is 15.2. The van der Waals surface area contributed by atoms with Crippen molar-refractivity contribution in [1.82, 2.24) is 5.32 Å². The van der Waals surface area contributed by atoms with E-state index in [4.69, 9.17) is 0 Å². The number of hydrogen-bond acceptors (Lipinski definition) is 2. The summed E-state index contributed by atoms with van der Waals surface area (Å²) in [6.45, 7) is 2.69. The molecular formula is C16H16BrF2NS. The zero-order valence-corrected chi connectivity index (χ0v) is 14.0. The maximum atomic E-state index is 14.0. The van der Waals surface area contributed by atoms with Crippen molar-refractivity contribution >= 4 is 27.7 Å². The van der Waals surface area contributed by atoms with Gasteiger partial charge in [0.2, 0.25) is 0 Å². The number of benzene rings is 2. The Morgan fingerprint density at radius 3 is 2.62 bits per heavy atom. The molecule has 5 heteroatoms. The second-order valence-corrected chi connectivity index (χ2v) is 6.50. The standard InChI is InChI=1S/C16H16BrF2NS/c1-2-20-15(12-9-11(17)7-8-13(12)18)10-21-16-6-4-3-5-14(16)19/h3-9,15,20H,2,10H2,1H3. The monoisotopic (exact) mass is 371 g/mol. The first-order chi connectivity index (χ1) is 10.1. The van der Waals surface area contributed by atoms with Crippen molar-refractivity contribution in [3.8, 4) is 0 Å². The van der Waals surface area contributed by atoms with Gasteiger partial charge in [0.15, 0.2) is 0 Å². The van der Waals surface area contributed by atoms with Crippen molar-refractivity contribution in [2.75, 3.05) is 12.3 Å². The third-order valence-electron chi connectivity index (χ3n) is 3.03. The van der Waals surface area contributed by atoms with Crippen LogP contribution in [0.1, 0.15) is 18.5 Å². The smallest absolute Gasteiger partial charge is 0.136 e. The Kier molecular flexibility index (Phi) is 6.21. The fraction of sp³-hybridized carbons (Fsp3) is 0.250. The lowest BCUT2D eigenvalue weighted by Crippen LogP contribution is -2.24. The minimum Gasteiger partial charge on any atom is -0.309 e. The minimum absolute atomic E-state index is 0.169. The fourth-order valence-corrected chi connectivity index (χ4v) is 3.42. The largest absolute Gasteiger partial charge is 0.309 e. The molecule has 0 bridgehead atoms. The predicted octanol–water partition coefficient (Wildman–Crippen LogP) is 5.17. The van der Waals surface area contributed by atoms with Crippen molar-refractivity contribution in [3.05, 3.63) is 64.1 Å². The number of nitrogens with one attached hydrogen (secondary N) is 1. The first-order valence-corrected chi connectivity index (χ1v) is 8.45. The maximum absolute atomic E-state index is 14.0. The van der Waals surface area contributed by atoms with Crippen molar-refractivity contribution < 1.29 is 8.78 Å². The Morgan fingerprint density at radius 2 is 1.90 bits per heavy atom. The molecule has 112 valence electrons. The third kappa shape index (κ3) is 4.53. The van der Waals surface area contributed by atoms with Gasteiger partial charge in [0.1, 0.15) is 11.6 Å². The summed E-state index contributed by atoms with van der Waals surface area (Å²) in [7, 11) is 0. The molecule has 0 saturated heterocycles. The summed E-state index contributed by atoms with van der Waals surface area (Å²) in [6, 6.07) is 11.3. The van der Waals surface area contributed by atoms with E-state index >= 15 is 0 Å². The van der Waals surface area contributed by atoms with Gasteiger partial charge in [-0.3, -0.25) is 0 Å². The summed E-state index contributed by atoms with van der Waals surface area (Å²) in [5, 5.41) is 3.25. The van der Waals surface area contributed by atoms with E-state index in [0.29, 0.717) is 22.8 Å². The molecule has 0 aromatic heterocycles. The van der Waals surface area contributed by atoms with E-state index in [-0.39, 0.29) is 17.7 Å². The Labute approximate surface area is 136 Å². The second-order valence-electron chi connectivity index (χ2n) is 4.52. The first-order valence-electron chi connectivity index (χ1n) is 6.67. The van der Waals surface area contributed by atoms with Crippen LogP contribution >= 0.6 is 27.7 Å². The quantitative estimate of drug-likeness (QED) is 0.702. The van der Waals surface area contributed by atoms with Crippen molar-refractivity contribution in [1.29, 1.82) is 0 Å². The van der Waals surface area contributed by atoms with E-state index in [1.807, 2.05) is 6.92 Å². The fourth-order valence-electron chi connectivity index (χ4n) is 2.02. The normalized spacial score (nSPS) is 12.4. The molecule has 2 rings (SSSR count). The van der Waals surface area contributed by atoms with Crippen molar-refractivity contribution in [2.24, 2.45) is 0 Å². The first kappa shape index (κ1) is 16.5. The highest BCUT2D eigenvalue weighted by molar-refractivity contribution is 9.10. The lowest BCUT2D eigenvalue weighted by Gasteiger charge is -2.19. The molecule has 1 atom stereocenters. The van der Waals surface area contributed by atoms with Crippen LogP contribution in [0, 0.1) is 11.6 Å². The molecule has 0 radical (unpaired) electrons. The van der Waals surface area contributed by atoms with Crippen LogP contribution in [-0.2, 0) is 0 Å². The molecule has 2 aromatic carbocycles. The Morgan fingerprint density at radius 1 is 1.14 bits per heavy atom. The van der Waals surface area contributed by atoms with Crippen LogP contribution in [0.5, 0.6) is 0 Å². The Balaban J connectivity index is 2.16. The van der Waals surface area contributed by atoms with Crippen LogP contribution in [0.2, 0.25) is 0 Å². The molecular weight excluding hydrogens is 356 g/mol. The molecule has 21 heavy (non-hydrogen) atoms. The number of hydrogen-bond donors (Lipinski definition) is 1. The van der Waals surface area contributed by atoms with E-state index in [9.17, 15) is 8.78 Å². The highest BCUT2D eigenvalue weighted by atomic mass is 79.9. The molecule has 0 aliphatic rings. The average molecular weight is 372 g/mol. The summed E-state index contributed by atoms with van der Waals surface area (Å²) in [6.07, 6.45) is 0. The lowest BCUT2D eigenvalue weighted by atomic mass is 10.1. The van der Waals surface area contributed by atoms with Gasteiger partial charge in [-0.25, -0.2) is 8.78 Å². The molecule has 1 unspecified atom stereocenters. The van der Waals surface area contributed by atoms with E-state index in [1.54, 1.807) is 30.3 Å². The molecule has 0 spiro atoms. The third-order valence-corrected chi connectivity index (χ3v) is 4.66. The molecule has 0 heterocycles. The van der Waals surface area contributed by atoms with Gasteiger partial charge in [-0.1, -0.05) is 35.0 Å². The number of thioether (sulfide) groups is 1. The van der Waals surface area contributed by atoms with Crippen molar-refractivity contribution in [2.45, 2.75) is 17.9 Å². The van der Waals surface area contributed by atoms with Gasteiger partial charge >= 0.3 is 0 Å². The summed E-state index contributed by atoms with van der Waals surface area (Å²) in [4.78, 5) is 0.579. The van der Waals surface area contributed by atoms with Gasteiger partial charge in [0, 0.05) is 26.7 Å². The van der Waals surface area contributed by atoms with Crippen molar-refractivity contribution in [3.63, 3.8) is 0 Å². The summed E-state index contributed by atoms with van der Waals surface area (Å²) < 4.78 is 28.5. The van der Waals surface area contributed by atoms with Gasteiger partial charge < -0.3 is 5.32 Å². The van der Waals surface area contributed by atoms with E-state index in [1.165, 1.54) is 23.9 Å². The Bertz CT molecular complexity index is 607. The summed E-state index contributed by atoms with van der Waals surface area (Å²) in [5.41, 5.74) is 0.593. The summed E-state index contributed by atoms with van der Waals surface area (Å²) in [5.74, 6) is 0.0630. The Hall–Kier alpha value is -0.910. The molecule has 0 aliphatic carbocycles. The van der Waals surface area contributed by atoms with Crippen LogP contribution in [-0.4, -0.2) is 12.3 Å². The number of rotatable bonds is 6. The number of halogens is 3. The predicted molar refractivity (Wildman–Crippen MR) is 87.6 cm³/mol. The van der Waals surface area contributed by atoms with Crippen LogP contribution < -0.4 is 5.32 Å². The average Bonchev–Trinajstić information content (AvgIpc) is 2.48. The van der Waals surface area contributed by atoms with Gasteiger partial charge in [-0.15, -0.1) is 11.8 Å². The molecule has 0 saturated carbocycles. The molecule has 1 nitrogen and oxygen atoms in total. The highest BCUT2D eigenvalue weighted by Crippen LogP contribution is 2.29. The topological polar surface area (TPSA) is 12.0 Å². The van der Waals surface area contributed by atoms with E-state index in [2.05, 4.69) is 21.2 Å². The van der Waals surface area contributed by atoms with Crippen LogP contribution in [0.3, 0.4) is 0 Å². The van der Waals surface area contributed by atoms with Gasteiger partial charge in [-0.05, 0) is 36.9 Å². The lowest BCUT2D eigenvalue weighted by molar-refractivity contribution is 0.544. The maximum Gasteiger partial charge on any atom is 0.136 e. The molecule has 0 amide bonds. The molecule has 0 fully saturated rings. The zero-order valence-electron chi connectivity index (χ0n) is 11.6. The van der Waals surface area contributed by atoms with Crippen LogP contribution in [0.25, 0.3) is 0 Å². The highest BCUT2D eigenvalue weighted by Gasteiger charge is 2.16. The minimum atomic E-state index is -0.252. The molecule has 1 N–H and O–H groups in total. The van der Waals surface area contributed by atoms with Gasteiger partial charge in [0.25, 0.3) is 0 Å². The summed E-state index contributed by atoms with van der Waals surface area (Å²) >= 11 is 4.75. The van der Waals surface area contributed by atoms with Gasteiger partial charge in [0.05, 0.1) is 0 Å². The molecule has 0 aliphatic heterocycles. The van der Waals surface area contributed by atoms with E-state index < -0.39 is 0 Å². The molecule has 2 aromatic rings. The SMILES string of the molecule is CCNC(CSc1ccccc1F)c1cc(Br)ccc1F. The van der Waals surface area contributed by atoms with Crippen LogP contribution in [0.4, 0.5) is 8.78 Å². The van der Waals surface area contributed by atoms with E-state index in [0.717, 1.165) is 4.47 Å².